The molecule has 0 radical (unpaired) electrons. The Labute approximate surface area is 137 Å². The Balaban J connectivity index is 1.93. The largest absolute Gasteiger partial charge is 0.342 e. The Hall–Kier alpha value is -0.880. The van der Waals surface area contributed by atoms with Gasteiger partial charge in [0.2, 0.25) is 11.8 Å². The first-order chi connectivity index (χ1) is 10.1. The second-order valence-electron chi connectivity index (χ2n) is 5.80. The van der Waals surface area contributed by atoms with E-state index in [-0.39, 0.29) is 17.9 Å². The summed E-state index contributed by atoms with van der Waals surface area (Å²) >= 11 is 5.09. The molecule has 2 heterocycles. The fraction of sp³-hybridized carbons (Fsp3) is 0.600. The standard InChI is InChI=1S/C15H19BrN2O2S/c1-2-11-13(19)18(9-10-5-6-12(16)21-10)15(14(20)17-11)7-3-4-8-15/h5-6,11H,2-4,7-9H2,1H3,(H,17,20). The molecule has 1 aliphatic heterocycles. The SMILES string of the molecule is CCC1NC(=O)C2(CCCC2)N(Cc2ccc(Br)s2)C1=O. The molecule has 3 rings (SSSR count). The highest BCUT2D eigenvalue weighted by Gasteiger charge is 2.53. The lowest BCUT2D eigenvalue weighted by molar-refractivity contribution is -0.158. The zero-order valence-corrected chi connectivity index (χ0v) is 14.4. The molecule has 1 atom stereocenters. The molecule has 114 valence electrons. The van der Waals surface area contributed by atoms with Gasteiger partial charge in [0, 0.05) is 4.88 Å². The third-order valence-electron chi connectivity index (χ3n) is 4.59. The lowest BCUT2D eigenvalue weighted by atomic mass is 9.89. The van der Waals surface area contributed by atoms with Crippen LogP contribution in [0.25, 0.3) is 0 Å². The molecule has 1 N–H and O–H groups in total. The molecule has 1 spiro atoms. The summed E-state index contributed by atoms with van der Waals surface area (Å²) in [5, 5.41) is 2.93. The number of hydrogen-bond donors (Lipinski definition) is 1. The van der Waals surface area contributed by atoms with Crippen molar-refractivity contribution >= 4 is 39.1 Å². The maximum atomic E-state index is 12.8. The number of hydrogen-bond acceptors (Lipinski definition) is 3. The zero-order valence-electron chi connectivity index (χ0n) is 12.0. The second kappa shape index (κ2) is 5.72. The van der Waals surface area contributed by atoms with Crippen LogP contribution in [0.15, 0.2) is 15.9 Å². The monoisotopic (exact) mass is 370 g/mol. The minimum absolute atomic E-state index is 0.0436. The van der Waals surface area contributed by atoms with E-state index in [2.05, 4.69) is 21.2 Å². The average molecular weight is 371 g/mol. The predicted molar refractivity (Wildman–Crippen MR) is 86.0 cm³/mol. The fourth-order valence-electron chi connectivity index (χ4n) is 3.43. The van der Waals surface area contributed by atoms with Crippen molar-refractivity contribution < 1.29 is 9.59 Å². The maximum absolute atomic E-state index is 12.8. The number of halogens is 1. The van der Waals surface area contributed by atoms with Crippen LogP contribution in [-0.2, 0) is 16.1 Å². The summed E-state index contributed by atoms with van der Waals surface area (Å²) in [7, 11) is 0. The Bertz CT molecular complexity index is 566. The molecule has 1 saturated heterocycles. The van der Waals surface area contributed by atoms with E-state index in [1.165, 1.54) is 0 Å². The van der Waals surface area contributed by atoms with Crippen molar-refractivity contribution in [3.8, 4) is 0 Å². The minimum Gasteiger partial charge on any atom is -0.342 e. The third kappa shape index (κ3) is 2.52. The summed E-state index contributed by atoms with van der Waals surface area (Å²) in [5.41, 5.74) is -0.612. The molecule has 2 fully saturated rings. The van der Waals surface area contributed by atoms with Crippen LogP contribution in [0.2, 0.25) is 0 Å². The number of nitrogens with zero attached hydrogens (tertiary/aromatic N) is 1. The normalized spacial score (nSPS) is 24.7. The molecule has 6 heteroatoms. The van der Waals surface area contributed by atoms with Gasteiger partial charge in [0.25, 0.3) is 0 Å². The number of carbonyl (C=O) groups is 2. The number of rotatable bonds is 3. The summed E-state index contributed by atoms with van der Waals surface area (Å²) in [5.74, 6) is 0.116. The van der Waals surface area contributed by atoms with Crippen molar-refractivity contribution in [1.29, 1.82) is 0 Å². The zero-order chi connectivity index (χ0) is 15.0. The van der Waals surface area contributed by atoms with Crippen LogP contribution in [-0.4, -0.2) is 28.3 Å². The van der Waals surface area contributed by atoms with Crippen molar-refractivity contribution in [2.24, 2.45) is 0 Å². The molecular weight excluding hydrogens is 352 g/mol. The lowest BCUT2D eigenvalue weighted by Crippen LogP contribution is -2.69. The Morgan fingerprint density at radius 2 is 2.10 bits per heavy atom. The summed E-state index contributed by atoms with van der Waals surface area (Å²) in [6, 6.07) is 3.65. The van der Waals surface area contributed by atoms with Crippen molar-refractivity contribution in [3.63, 3.8) is 0 Å². The maximum Gasteiger partial charge on any atom is 0.246 e. The van der Waals surface area contributed by atoms with Crippen molar-refractivity contribution in [2.45, 2.75) is 57.2 Å². The van der Waals surface area contributed by atoms with E-state index < -0.39 is 5.54 Å². The van der Waals surface area contributed by atoms with E-state index in [0.29, 0.717) is 13.0 Å². The van der Waals surface area contributed by atoms with Gasteiger partial charge in [0.1, 0.15) is 11.6 Å². The van der Waals surface area contributed by atoms with E-state index in [9.17, 15) is 9.59 Å². The highest BCUT2D eigenvalue weighted by molar-refractivity contribution is 9.11. The van der Waals surface area contributed by atoms with Crippen LogP contribution in [0.4, 0.5) is 0 Å². The van der Waals surface area contributed by atoms with Gasteiger partial charge >= 0.3 is 0 Å². The summed E-state index contributed by atoms with van der Waals surface area (Å²) in [6.07, 6.45) is 4.25. The number of thiophene rings is 1. The van der Waals surface area contributed by atoms with Crippen LogP contribution in [0, 0.1) is 0 Å². The topological polar surface area (TPSA) is 49.4 Å². The van der Waals surface area contributed by atoms with E-state index in [4.69, 9.17) is 0 Å². The quantitative estimate of drug-likeness (QED) is 0.888. The molecule has 2 aliphatic rings. The van der Waals surface area contributed by atoms with Gasteiger partial charge in [-0.2, -0.15) is 0 Å². The number of piperazine rings is 1. The molecule has 1 unspecified atom stereocenters. The van der Waals surface area contributed by atoms with Gasteiger partial charge in [-0.3, -0.25) is 9.59 Å². The summed E-state index contributed by atoms with van der Waals surface area (Å²) in [6.45, 7) is 2.48. The van der Waals surface area contributed by atoms with Crippen LogP contribution in [0.5, 0.6) is 0 Å². The number of carbonyl (C=O) groups excluding carboxylic acids is 2. The van der Waals surface area contributed by atoms with Gasteiger partial charge in [0.15, 0.2) is 0 Å². The second-order valence-corrected chi connectivity index (χ2v) is 8.35. The smallest absolute Gasteiger partial charge is 0.246 e. The first-order valence-corrected chi connectivity index (χ1v) is 9.04. The molecule has 0 bridgehead atoms. The number of nitrogens with one attached hydrogen (secondary N) is 1. The average Bonchev–Trinajstić information content (AvgIpc) is 3.09. The molecule has 2 amide bonds. The van der Waals surface area contributed by atoms with Crippen molar-refractivity contribution in [2.75, 3.05) is 0 Å². The van der Waals surface area contributed by atoms with Gasteiger partial charge < -0.3 is 10.2 Å². The van der Waals surface area contributed by atoms with Crippen LogP contribution in [0.3, 0.4) is 0 Å². The fourth-order valence-corrected chi connectivity index (χ4v) is 4.90. The molecule has 1 aromatic rings. The highest BCUT2D eigenvalue weighted by atomic mass is 79.9. The lowest BCUT2D eigenvalue weighted by Gasteiger charge is -2.46. The van der Waals surface area contributed by atoms with Gasteiger partial charge in [-0.1, -0.05) is 19.8 Å². The van der Waals surface area contributed by atoms with Gasteiger partial charge in [-0.05, 0) is 47.3 Å². The van der Waals surface area contributed by atoms with Gasteiger partial charge in [-0.15, -0.1) is 11.3 Å². The van der Waals surface area contributed by atoms with Crippen molar-refractivity contribution in [3.05, 3.63) is 20.8 Å². The van der Waals surface area contributed by atoms with Gasteiger partial charge in [-0.25, -0.2) is 0 Å². The van der Waals surface area contributed by atoms with E-state index in [1.54, 1.807) is 11.3 Å². The van der Waals surface area contributed by atoms with E-state index in [0.717, 1.165) is 34.3 Å². The Morgan fingerprint density at radius 1 is 1.38 bits per heavy atom. The molecule has 0 aromatic carbocycles. The molecule has 1 aliphatic carbocycles. The molecule has 1 aromatic heterocycles. The third-order valence-corrected chi connectivity index (χ3v) is 6.20. The van der Waals surface area contributed by atoms with Crippen LogP contribution >= 0.6 is 27.3 Å². The molecule has 1 saturated carbocycles. The highest BCUT2D eigenvalue weighted by Crippen LogP contribution is 2.40. The Morgan fingerprint density at radius 3 is 2.67 bits per heavy atom. The molecule has 4 nitrogen and oxygen atoms in total. The predicted octanol–water partition coefficient (Wildman–Crippen LogP) is 3.06. The summed E-state index contributed by atoms with van der Waals surface area (Å²) < 4.78 is 1.05. The van der Waals surface area contributed by atoms with Gasteiger partial charge in [0.05, 0.1) is 10.3 Å². The van der Waals surface area contributed by atoms with Crippen LogP contribution in [0.1, 0.15) is 43.9 Å². The minimum atomic E-state index is -0.612. The first kappa shape index (κ1) is 15.0. The molecule has 21 heavy (non-hydrogen) atoms. The van der Waals surface area contributed by atoms with Crippen molar-refractivity contribution in [1.82, 2.24) is 10.2 Å². The van der Waals surface area contributed by atoms with E-state index >= 15 is 0 Å². The van der Waals surface area contributed by atoms with E-state index in [1.807, 2.05) is 24.0 Å². The Kier molecular flexibility index (Phi) is 4.10. The number of amides is 2. The summed E-state index contributed by atoms with van der Waals surface area (Å²) in [4.78, 5) is 28.4. The first-order valence-electron chi connectivity index (χ1n) is 7.43. The molecular formula is C15H19BrN2O2S. The van der Waals surface area contributed by atoms with Crippen LogP contribution < -0.4 is 5.32 Å².